The Balaban J connectivity index is 4.62. The number of phosphoric acid groups is 2. The first-order valence-corrected chi connectivity index (χ1v) is 56.4. The lowest BCUT2D eigenvalue weighted by atomic mass is 10.0. The maximum absolute atomic E-state index is 13.2. The lowest BCUT2D eigenvalue weighted by Gasteiger charge is -2.21. The summed E-state index contributed by atoms with van der Waals surface area (Å²) >= 11 is 0. The first kappa shape index (κ1) is 127. The third-order valence-corrected chi connectivity index (χ3v) is 24.4. The van der Waals surface area contributed by atoms with Gasteiger partial charge in [0.2, 0.25) is 0 Å². The van der Waals surface area contributed by atoms with Crippen LogP contribution in [-0.2, 0) is 55.8 Å². The van der Waals surface area contributed by atoms with Crippen LogP contribution in [0, 0.1) is 0 Å². The number of ether oxygens (including phenoxy) is 3. The van der Waals surface area contributed by atoms with Crippen LogP contribution in [0.4, 0.5) is 0 Å². The zero-order valence-electron chi connectivity index (χ0n) is 84.4. The molecule has 0 aromatic heterocycles. The summed E-state index contributed by atoms with van der Waals surface area (Å²) in [5, 5.41) is 20.8. The zero-order valence-corrected chi connectivity index (χ0v) is 86.1. The van der Waals surface area contributed by atoms with E-state index in [4.69, 9.17) is 32.3 Å². The quantitative estimate of drug-likeness (QED) is 0.0146. The van der Waals surface area contributed by atoms with Crippen molar-refractivity contribution in [3.8, 4) is 0 Å². The number of esters is 3. The third-order valence-electron chi connectivity index (χ3n) is 22.5. The number of allylic oxidation sites excluding steroid dienone is 34. The minimum Gasteiger partial charge on any atom is -0.463 e. The van der Waals surface area contributed by atoms with Crippen LogP contribution in [0.1, 0.15) is 445 Å². The Morgan fingerprint density at radius 1 is 0.211 bits per heavy atom. The van der Waals surface area contributed by atoms with Crippen LogP contribution in [-0.4, -0.2) is 95.9 Å². The van der Waals surface area contributed by atoms with Gasteiger partial charge < -0.3 is 34.2 Å². The molecule has 0 spiro atoms. The Morgan fingerprint density at radius 2 is 0.376 bits per heavy atom. The van der Waals surface area contributed by atoms with Crippen molar-refractivity contribution >= 4 is 33.6 Å². The van der Waals surface area contributed by atoms with Crippen LogP contribution < -0.4 is 0 Å². The molecule has 0 rings (SSSR count). The molecule has 0 aliphatic carbocycles. The van der Waals surface area contributed by atoms with Gasteiger partial charge in [0, 0.05) is 19.3 Å². The maximum Gasteiger partial charge on any atom is 0.472 e. The van der Waals surface area contributed by atoms with Gasteiger partial charge in [-0.3, -0.25) is 32.5 Å². The van der Waals surface area contributed by atoms with Gasteiger partial charge in [0.05, 0.1) is 26.4 Å². The van der Waals surface area contributed by atoms with Gasteiger partial charge >= 0.3 is 33.6 Å². The van der Waals surface area contributed by atoms with E-state index in [9.17, 15) is 43.5 Å². The number of rotatable bonds is 100. The molecule has 0 saturated heterocycles. The van der Waals surface area contributed by atoms with Gasteiger partial charge in [-0.1, -0.05) is 465 Å². The molecule has 0 aromatic rings. The Labute approximate surface area is 813 Å². The highest BCUT2D eigenvalue weighted by Crippen LogP contribution is 2.45. The highest BCUT2D eigenvalue weighted by Gasteiger charge is 2.30. The first-order valence-electron chi connectivity index (χ1n) is 53.4. The van der Waals surface area contributed by atoms with E-state index in [-0.39, 0.29) is 19.3 Å². The molecule has 0 fully saturated rings. The summed E-state index contributed by atoms with van der Waals surface area (Å²) in [7, 11) is -9.83. The molecule has 16 nitrogen and oxygen atoms in total. The van der Waals surface area contributed by atoms with Crippen LogP contribution in [0.25, 0.3) is 0 Å². The fourth-order valence-electron chi connectivity index (χ4n) is 14.6. The molecule has 0 heterocycles. The number of aliphatic hydroxyl groups excluding tert-OH is 2. The molecular formula is C115H194O16P2. The Kier molecular flexibility index (Phi) is 100. The summed E-state index contributed by atoms with van der Waals surface area (Å²) in [6.07, 6.45) is 143. The van der Waals surface area contributed by atoms with E-state index in [0.717, 1.165) is 193 Å². The van der Waals surface area contributed by atoms with Gasteiger partial charge in [0.1, 0.15) is 25.4 Å². The number of unbranched alkanes of at least 4 members (excludes halogenated alkanes) is 43. The molecule has 4 N–H and O–H groups in total. The van der Waals surface area contributed by atoms with E-state index in [1.54, 1.807) is 0 Å². The number of hydrogen-bond acceptors (Lipinski definition) is 14. The summed E-state index contributed by atoms with van der Waals surface area (Å²) in [5.74, 6) is -1.57. The van der Waals surface area contributed by atoms with E-state index < -0.39 is 91.5 Å². The molecule has 0 radical (unpaired) electrons. The SMILES string of the molecule is CC/C=C\C/C=C\C/C=C\C/C=C\C/C=C\C/C=C\CCCCCCCCCCCCCCC(=O)OCC(COP(=O)(O)OCC(O)COP(=O)(O)OCC(O)COC(=O)CCCCCCCCCCCCCCCCCCCCC/C=C\C/C=C\C/C=C\C/C=C\C/C=C\CC)OC(=O)CCCCCCCCCCCCCC/C=C\C/C=C\C/C=C\C/C=C\C/C=C\C/C=C\CC. The molecule has 0 saturated carbocycles. The fourth-order valence-corrected chi connectivity index (χ4v) is 16.1. The van der Waals surface area contributed by atoms with Crippen LogP contribution in [0.2, 0.25) is 0 Å². The van der Waals surface area contributed by atoms with Gasteiger partial charge in [-0.15, -0.1) is 0 Å². The Bertz CT molecular complexity index is 3250. The molecule has 5 unspecified atom stereocenters. The molecule has 0 aliphatic heterocycles. The standard InChI is InChI=1S/C115H194O16P2/c1-4-7-10-13-16-19-22-25-28-31-34-37-40-43-46-49-52-53-54-55-58-60-62-65-68-71-74-77-80-83-86-89-92-95-98-101-113(118)125-104-110(116)105-127-132(121,122)128-106-111(117)107-129-133(123,124)130-109-112(131-115(120)103-100-97-94-91-88-85-82-79-76-73-70-67-64-61-57-51-48-45-42-39-36-33-30-27-24-21-18-15-12-9-6-3)108-126-114(119)102-99-96-93-90-87-84-81-78-75-72-69-66-63-59-56-50-47-44-41-38-35-32-29-26-23-20-17-14-11-8-5-2/h7-12,16-21,25-30,34-39,43-48,56-57,59,61,110-112,116-117H,4-6,13-15,22-24,31-33,40-42,49-55,58,60,62-109H2,1-3H3,(H,121,122)(H,123,124)/b10-7-,11-8-,12-9-,19-16-,20-17-,21-18-,28-25-,29-26-,30-27-,37-34-,38-35-,39-36-,46-43-,47-44-,48-45-,59-56-,61-57-. The average Bonchev–Trinajstić information content (AvgIpc) is 0.900. The third kappa shape index (κ3) is 106. The Hall–Kier alpha value is -5.87. The van der Waals surface area contributed by atoms with Gasteiger partial charge in [-0.05, 0) is 167 Å². The van der Waals surface area contributed by atoms with Crippen molar-refractivity contribution in [2.45, 2.75) is 463 Å². The van der Waals surface area contributed by atoms with Crippen molar-refractivity contribution in [3.05, 3.63) is 207 Å². The highest BCUT2D eigenvalue weighted by molar-refractivity contribution is 7.47. The smallest absolute Gasteiger partial charge is 0.463 e. The number of aliphatic hydroxyl groups is 2. The number of carbonyl (C=O) groups is 3. The van der Waals surface area contributed by atoms with Gasteiger partial charge in [0.25, 0.3) is 0 Å². The second-order valence-electron chi connectivity index (χ2n) is 35.3. The van der Waals surface area contributed by atoms with E-state index >= 15 is 0 Å². The number of phosphoric ester groups is 2. The summed E-state index contributed by atoms with van der Waals surface area (Å²) in [4.78, 5) is 59.3. The lowest BCUT2D eigenvalue weighted by Crippen LogP contribution is -2.30. The first-order chi connectivity index (χ1) is 65.2. The fraction of sp³-hybridized carbons (Fsp3) is 0.678. The molecule has 133 heavy (non-hydrogen) atoms. The molecule has 0 amide bonds. The zero-order chi connectivity index (χ0) is 96.4. The monoisotopic (exact) mass is 1890 g/mol. The Morgan fingerprint density at radius 3 is 0.594 bits per heavy atom. The predicted octanol–water partition coefficient (Wildman–Crippen LogP) is 34.2. The van der Waals surface area contributed by atoms with Crippen LogP contribution in [0.5, 0.6) is 0 Å². The molecule has 5 atom stereocenters. The highest BCUT2D eigenvalue weighted by atomic mass is 31.2. The average molecular weight is 1890 g/mol. The van der Waals surface area contributed by atoms with E-state index in [2.05, 4.69) is 227 Å². The number of hydrogen-bond donors (Lipinski definition) is 4. The summed E-state index contributed by atoms with van der Waals surface area (Å²) < 4.78 is 61.8. The molecular weight excluding hydrogens is 1700 g/mol. The van der Waals surface area contributed by atoms with Crippen molar-refractivity contribution < 1.29 is 75.8 Å². The van der Waals surface area contributed by atoms with Crippen molar-refractivity contribution in [2.24, 2.45) is 0 Å². The lowest BCUT2D eigenvalue weighted by molar-refractivity contribution is -0.161. The minimum atomic E-state index is -4.95. The summed E-state index contributed by atoms with van der Waals surface area (Å²) in [5.41, 5.74) is 0. The van der Waals surface area contributed by atoms with Crippen LogP contribution >= 0.6 is 15.6 Å². The van der Waals surface area contributed by atoms with Crippen molar-refractivity contribution in [2.75, 3.05) is 39.6 Å². The maximum atomic E-state index is 13.2. The van der Waals surface area contributed by atoms with Crippen LogP contribution in [0.15, 0.2) is 207 Å². The van der Waals surface area contributed by atoms with E-state index in [1.165, 1.54) is 193 Å². The van der Waals surface area contributed by atoms with Crippen molar-refractivity contribution in [1.29, 1.82) is 0 Å². The molecule has 0 bridgehead atoms. The molecule has 18 heteroatoms. The van der Waals surface area contributed by atoms with E-state index in [0.29, 0.717) is 19.3 Å². The van der Waals surface area contributed by atoms with Crippen LogP contribution in [0.3, 0.4) is 0 Å². The van der Waals surface area contributed by atoms with Gasteiger partial charge in [-0.2, -0.15) is 0 Å². The van der Waals surface area contributed by atoms with Gasteiger partial charge in [-0.25, -0.2) is 9.13 Å². The van der Waals surface area contributed by atoms with E-state index in [1.807, 2.05) is 0 Å². The predicted molar refractivity (Wildman–Crippen MR) is 564 cm³/mol. The normalized spacial score (nSPS) is 14.4. The molecule has 0 aromatic carbocycles. The van der Waals surface area contributed by atoms with Crippen molar-refractivity contribution in [1.82, 2.24) is 0 Å². The largest absolute Gasteiger partial charge is 0.472 e. The number of carbonyl (C=O) groups excluding carboxylic acids is 3. The second kappa shape index (κ2) is 105. The van der Waals surface area contributed by atoms with Crippen molar-refractivity contribution in [3.63, 3.8) is 0 Å². The summed E-state index contributed by atoms with van der Waals surface area (Å²) in [6, 6.07) is 0. The second-order valence-corrected chi connectivity index (χ2v) is 38.2. The molecule has 760 valence electrons. The molecule has 0 aliphatic rings. The summed E-state index contributed by atoms with van der Waals surface area (Å²) in [6.45, 7) is 2.41. The minimum absolute atomic E-state index is 0.0960. The topological polar surface area (TPSA) is 231 Å². The van der Waals surface area contributed by atoms with Gasteiger partial charge in [0.15, 0.2) is 6.10 Å².